The number of ether oxygens (including phenoxy) is 1. The fourth-order valence-corrected chi connectivity index (χ4v) is 2.77. The summed E-state index contributed by atoms with van der Waals surface area (Å²) in [7, 11) is 0. The number of carbonyl (C=O) groups is 3. The van der Waals surface area contributed by atoms with Gasteiger partial charge in [0.05, 0.1) is 5.56 Å². The van der Waals surface area contributed by atoms with Gasteiger partial charge < -0.3 is 10.1 Å². The molecule has 0 radical (unpaired) electrons. The number of amides is 1. The highest BCUT2D eigenvalue weighted by atomic mass is 16.5. The first-order valence-corrected chi connectivity index (χ1v) is 7.73. The minimum atomic E-state index is -0.691. The molecule has 1 saturated heterocycles. The SMILES string of the molecule is C[C@@H](OC(=O)c1ccccc1)[C@H]1C(=O)N[C@@H]1C(=O)c1ccccc1. The van der Waals surface area contributed by atoms with Crippen molar-refractivity contribution in [3.63, 3.8) is 0 Å². The second kappa shape index (κ2) is 6.66. The lowest BCUT2D eigenvalue weighted by Gasteiger charge is -2.38. The molecule has 0 aliphatic carbocycles. The first kappa shape index (κ1) is 15.9. The van der Waals surface area contributed by atoms with Crippen molar-refractivity contribution >= 4 is 17.7 Å². The quantitative estimate of drug-likeness (QED) is 0.520. The smallest absolute Gasteiger partial charge is 0.338 e. The summed E-state index contributed by atoms with van der Waals surface area (Å²) in [5.74, 6) is -1.64. The lowest BCUT2D eigenvalue weighted by molar-refractivity contribution is -0.138. The monoisotopic (exact) mass is 323 g/mol. The maximum atomic E-state index is 12.5. The Bertz CT molecular complexity index is 757. The van der Waals surface area contributed by atoms with Gasteiger partial charge in [-0.25, -0.2) is 4.79 Å². The van der Waals surface area contributed by atoms with Crippen molar-refractivity contribution in [3.05, 3.63) is 71.8 Å². The molecule has 1 N–H and O–H groups in total. The normalized spacial score (nSPS) is 20.5. The number of nitrogens with one attached hydrogen (secondary N) is 1. The van der Waals surface area contributed by atoms with Crippen molar-refractivity contribution in [1.29, 1.82) is 0 Å². The Balaban J connectivity index is 1.69. The molecule has 3 rings (SSSR count). The largest absolute Gasteiger partial charge is 0.458 e. The highest BCUT2D eigenvalue weighted by molar-refractivity contribution is 6.08. The van der Waals surface area contributed by atoms with E-state index in [9.17, 15) is 14.4 Å². The molecule has 2 aromatic carbocycles. The Labute approximate surface area is 139 Å². The number of benzene rings is 2. The van der Waals surface area contributed by atoms with Crippen LogP contribution in [0.25, 0.3) is 0 Å². The van der Waals surface area contributed by atoms with Crippen LogP contribution in [-0.2, 0) is 9.53 Å². The van der Waals surface area contributed by atoms with E-state index in [0.29, 0.717) is 11.1 Å². The molecule has 1 amide bonds. The predicted molar refractivity (Wildman–Crippen MR) is 87.5 cm³/mol. The molecule has 1 aliphatic rings. The Kier molecular flexibility index (Phi) is 4.42. The molecule has 0 bridgehead atoms. The van der Waals surface area contributed by atoms with Crippen LogP contribution in [-0.4, -0.2) is 29.8 Å². The summed E-state index contributed by atoms with van der Waals surface area (Å²) in [5.41, 5.74) is 0.934. The first-order chi connectivity index (χ1) is 11.6. The van der Waals surface area contributed by atoms with Crippen LogP contribution in [0.3, 0.4) is 0 Å². The Hall–Kier alpha value is -2.95. The van der Waals surface area contributed by atoms with E-state index >= 15 is 0 Å². The van der Waals surface area contributed by atoms with E-state index in [-0.39, 0.29) is 11.7 Å². The zero-order valence-corrected chi connectivity index (χ0v) is 13.1. The Morgan fingerprint density at radius 1 is 0.958 bits per heavy atom. The second-order valence-electron chi connectivity index (χ2n) is 5.72. The first-order valence-electron chi connectivity index (χ1n) is 7.73. The van der Waals surface area contributed by atoms with Crippen molar-refractivity contribution in [2.24, 2.45) is 5.92 Å². The van der Waals surface area contributed by atoms with Crippen LogP contribution in [0, 0.1) is 5.92 Å². The molecule has 122 valence electrons. The van der Waals surface area contributed by atoms with Crippen molar-refractivity contribution in [2.45, 2.75) is 19.1 Å². The van der Waals surface area contributed by atoms with E-state index in [4.69, 9.17) is 4.74 Å². The second-order valence-corrected chi connectivity index (χ2v) is 5.72. The van der Waals surface area contributed by atoms with Crippen molar-refractivity contribution < 1.29 is 19.1 Å². The molecule has 5 nitrogen and oxygen atoms in total. The minimum absolute atomic E-state index is 0.178. The topological polar surface area (TPSA) is 72.5 Å². The van der Waals surface area contributed by atoms with Gasteiger partial charge in [0.25, 0.3) is 0 Å². The summed E-state index contributed by atoms with van der Waals surface area (Å²) in [6, 6.07) is 16.6. The molecule has 0 unspecified atom stereocenters. The third-order valence-electron chi connectivity index (χ3n) is 4.11. The van der Waals surface area contributed by atoms with Crippen molar-refractivity contribution in [3.8, 4) is 0 Å². The number of rotatable bonds is 5. The summed E-state index contributed by atoms with van der Waals surface area (Å²) >= 11 is 0. The van der Waals surface area contributed by atoms with Gasteiger partial charge in [0.2, 0.25) is 5.91 Å². The molecule has 1 fully saturated rings. The molecule has 5 heteroatoms. The lowest BCUT2D eigenvalue weighted by Crippen LogP contribution is -2.65. The highest BCUT2D eigenvalue weighted by Crippen LogP contribution is 2.25. The van der Waals surface area contributed by atoms with Crippen molar-refractivity contribution in [1.82, 2.24) is 5.32 Å². The average molecular weight is 323 g/mol. The van der Waals surface area contributed by atoms with Gasteiger partial charge in [0, 0.05) is 5.56 Å². The summed E-state index contributed by atoms with van der Waals surface area (Å²) in [5, 5.41) is 2.61. The van der Waals surface area contributed by atoms with E-state index in [0.717, 1.165) is 0 Å². The number of hydrogen-bond acceptors (Lipinski definition) is 4. The number of Topliss-reactive ketones (excluding diaryl/α,β-unsaturated/α-hetero) is 1. The van der Waals surface area contributed by atoms with Gasteiger partial charge in [-0.05, 0) is 19.1 Å². The summed E-state index contributed by atoms with van der Waals surface area (Å²) in [6.45, 7) is 1.63. The zero-order chi connectivity index (χ0) is 17.1. The Morgan fingerprint density at radius 2 is 1.50 bits per heavy atom. The number of carbonyl (C=O) groups excluding carboxylic acids is 3. The highest BCUT2D eigenvalue weighted by Gasteiger charge is 2.48. The molecule has 24 heavy (non-hydrogen) atoms. The predicted octanol–water partition coefficient (Wildman–Crippen LogP) is 2.23. The lowest BCUT2D eigenvalue weighted by atomic mass is 9.81. The van der Waals surface area contributed by atoms with Crippen LogP contribution >= 0.6 is 0 Å². The van der Waals surface area contributed by atoms with Crippen LogP contribution in [0.4, 0.5) is 0 Å². The summed E-state index contributed by atoms with van der Waals surface area (Å²) in [6.07, 6.45) is -0.691. The van der Waals surface area contributed by atoms with E-state index in [1.54, 1.807) is 61.5 Å². The summed E-state index contributed by atoms with van der Waals surface area (Å²) in [4.78, 5) is 36.5. The number of ketones is 1. The molecule has 1 heterocycles. The average Bonchev–Trinajstić information content (AvgIpc) is 2.60. The maximum Gasteiger partial charge on any atom is 0.338 e. The molecular weight excluding hydrogens is 306 g/mol. The third kappa shape index (κ3) is 3.06. The number of esters is 1. The number of hydrogen-bond donors (Lipinski definition) is 1. The van der Waals surface area contributed by atoms with Crippen LogP contribution in [0.15, 0.2) is 60.7 Å². The van der Waals surface area contributed by atoms with E-state index < -0.39 is 24.0 Å². The van der Waals surface area contributed by atoms with Crippen LogP contribution in [0.5, 0.6) is 0 Å². The fraction of sp³-hybridized carbons (Fsp3) is 0.211. The summed E-state index contributed by atoms with van der Waals surface area (Å²) < 4.78 is 5.38. The van der Waals surface area contributed by atoms with Crippen molar-refractivity contribution in [2.75, 3.05) is 0 Å². The molecule has 0 spiro atoms. The van der Waals surface area contributed by atoms with Gasteiger partial charge in [0.15, 0.2) is 5.78 Å². The molecular formula is C19H17NO4. The van der Waals surface area contributed by atoms with Gasteiger partial charge in [-0.1, -0.05) is 48.5 Å². The maximum absolute atomic E-state index is 12.5. The standard InChI is InChI=1S/C19H17NO4/c1-12(24-19(23)14-10-6-3-7-11-14)15-16(20-18(15)22)17(21)13-8-4-2-5-9-13/h2-12,15-16H,1H3,(H,20,22)/t12-,15-,16+/m1/s1. The van der Waals surface area contributed by atoms with E-state index in [2.05, 4.69) is 5.32 Å². The third-order valence-corrected chi connectivity index (χ3v) is 4.11. The molecule has 3 atom stereocenters. The van der Waals surface area contributed by atoms with Crippen LogP contribution < -0.4 is 5.32 Å². The molecule has 0 saturated carbocycles. The number of β-lactam (4-membered cyclic amide) rings is 1. The van der Waals surface area contributed by atoms with Gasteiger partial charge in [-0.15, -0.1) is 0 Å². The minimum Gasteiger partial charge on any atom is -0.458 e. The van der Waals surface area contributed by atoms with Gasteiger partial charge in [-0.3, -0.25) is 9.59 Å². The van der Waals surface area contributed by atoms with Gasteiger partial charge in [0.1, 0.15) is 18.1 Å². The van der Waals surface area contributed by atoms with Gasteiger partial charge >= 0.3 is 5.97 Å². The Morgan fingerprint density at radius 3 is 2.04 bits per heavy atom. The fourth-order valence-electron chi connectivity index (χ4n) is 2.77. The molecule has 0 aromatic heterocycles. The van der Waals surface area contributed by atoms with E-state index in [1.165, 1.54) is 0 Å². The van der Waals surface area contributed by atoms with Crippen LogP contribution in [0.2, 0.25) is 0 Å². The molecule has 1 aliphatic heterocycles. The van der Waals surface area contributed by atoms with Crippen LogP contribution in [0.1, 0.15) is 27.6 Å². The molecule has 2 aromatic rings. The zero-order valence-electron chi connectivity index (χ0n) is 13.1. The van der Waals surface area contributed by atoms with E-state index in [1.807, 2.05) is 6.07 Å². The van der Waals surface area contributed by atoms with Gasteiger partial charge in [-0.2, -0.15) is 0 Å².